The predicted molar refractivity (Wildman–Crippen MR) is 92.0 cm³/mol. The molecule has 2 heterocycles. The zero-order valence-electron chi connectivity index (χ0n) is 15.2. The Labute approximate surface area is 140 Å². The van der Waals surface area contributed by atoms with Crippen LogP contribution in [0.3, 0.4) is 0 Å². The molecule has 23 heavy (non-hydrogen) atoms. The van der Waals surface area contributed by atoms with Gasteiger partial charge in [0.1, 0.15) is 0 Å². The average Bonchev–Trinajstić information content (AvgIpc) is 2.53. The van der Waals surface area contributed by atoms with E-state index >= 15 is 0 Å². The number of carbonyl (C=O) groups is 2. The monoisotopic (exact) mass is 323 g/mol. The van der Waals surface area contributed by atoms with Crippen LogP contribution in [0.5, 0.6) is 0 Å². The number of hydrogen-bond donors (Lipinski definition) is 1. The van der Waals surface area contributed by atoms with Crippen LogP contribution in [0.25, 0.3) is 0 Å². The van der Waals surface area contributed by atoms with Crippen LogP contribution in [0.15, 0.2) is 0 Å². The SMILES string of the molecule is CCN1CCCC(NC(=O)C2CCCN(C(=O)C(C)(C)C)C2)C1. The van der Waals surface area contributed by atoms with Crippen LogP contribution in [0.4, 0.5) is 0 Å². The summed E-state index contributed by atoms with van der Waals surface area (Å²) in [6.45, 7) is 12.5. The molecule has 132 valence electrons. The lowest BCUT2D eigenvalue weighted by atomic mass is 9.90. The normalized spacial score (nSPS) is 26.9. The van der Waals surface area contributed by atoms with Crippen LogP contribution in [0.1, 0.15) is 53.4 Å². The fraction of sp³-hybridized carbons (Fsp3) is 0.889. The Balaban J connectivity index is 1.88. The number of piperidine rings is 2. The summed E-state index contributed by atoms with van der Waals surface area (Å²) < 4.78 is 0. The van der Waals surface area contributed by atoms with Gasteiger partial charge in [-0.25, -0.2) is 0 Å². The van der Waals surface area contributed by atoms with Crippen molar-refractivity contribution >= 4 is 11.8 Å². The molecule has 2 atom stereocenters. The number of amides is 2. The fourth-order valence-electron chi connectivity index (χ4n) is 3.63. The van der Waals surface area contributed by atoms with Gasteiger partial charge in [0.05, 0.1) is 5.92 Å². The minimum absolute atomic E-state index is 0.0490. The summed E-state index contributed by atoms with van der Waals surface area (Å²) in [7, 11) is 0. The van der Waals surface area contributed by atoms with E-state index < -0.39 is 0 Å². The number of carbonyl (C=O) groups excluding carboxylic acids is 2. The molecule has 0 aromatic carbocycles. The van der Waals surface area contributed by atoms with Crippen LogP contribution in [-0.2, 0) is 9.59 Å². The fourth-order valence-corrected chi connectivity index (χ4v) is 3.63. The molecule has 0 aromatic heterocycles. The van der Waals surface area contributed by atoms with Crippen LogP contribution in [-0.4, -0.2) is 60.4 Å². The van der Waals surface area contributed by atoms with Gasteiger partial charge in [-0.15, -0.1) is 0 Å². The molecule has 0 bridgehead atoms. The molecule has 2 rings (SSSR count). The first-order chi connectivity index (χ1) is 10.8. The molecule has 2 amide bonds. The molecular weight excluding hydrogens is 290 g/mol. The molecule has 2 aliphatic heterocycles. The Hall–Kier alpha value is -1.10. The van der Waals surface area contributed by atoms with Gasteiger partial charge in [0.25, 0.3) is 0 Å². The molecule has 0 saturated carbocycles. The van der Waals surface area contributed by atoms with Crippen molar-refractivity contribution in [3.63, 3.8) is 0 Å². The quantitative estimate of drug-likeness (QED) is 0.863. The van der Waals surface area contributed by atoms with E-state index in [0.717, 1.165) is 51.9 Å². The van der Waals surface area contributed by atoms with Crippen molar-refractivity contribution in [3.05, 3.63) is 0 Å². The van der Waals surface area contributed by atoms with E-state index in [9.17, 15) is 9.59 Å². The number of nitrogens with zero attached hydrogens (tertiary/aromatic N) is 2. The molecule has 1 N–H and O–H groups in total. The molecule has 2 unspecified atom stereocenters. The molecule has 0 radical (unpaired) electrons. The maximum Gasteiger partial charge on any atom is 0.227 e. The highest BCUT2D eigenvalue weighted by Crippen LogP contribution is 2.24. The second-order valence-corrected chi connectivity index (χ2v) is 8.08. The average molecular weight is 323 g/mol. The number of nitrogens with one attached hydrogen (secondary N) is 1. The third-order valence-corrected chi connectivity index (χ3v) is 5.02. The van der Waals surface area contributed by atoms with E-state index in [-0.39, 0.29) is 29.2 Å². The summed E-state index contributed by atoms with van der Waals surface area (Å²) in [6.07, 6.45) is 4.04. The Kier molecular flexibility index (Phi) is 6.06. The molecule has 0 aromatic rings. The lowest BCUT2D eigenvalue weighted by Gasteiger charge is -2.37. The topological polar surface area (TPSA) is 52.7 Å². The van der Waals surface area contributed by atoms with Crippen molar-refractivity contribution < 1.29 is 9.59 Å². The Morgan fingerprint density at radius 1 is 1.09 bits per heavy atom. The van der Waals surface area contributed by atoms with Crippen molar-refractivity contribution in [1.29, 1.82) is 0 Å². The molecule has 2 aliphatic rings. The van der Waals surface area contributed by atoms with Crippen LogP contribution in [0.2, 0.25) is 0 Å². The summed E-state index contributed by atoms with van der Waals surface area (Å²) in [5, 5.41) is 3.23. The highest BCUT2D eigenvalue weighted by atomic mass is 16.2. The minimum Gasteiger partial charge on any atom is -0.352 e. The molecule has 5 heteroatoms. The lowest BCUT2D eigenvalue weighted by molar-refractivity contribution is -0.143. The van der Waals surface area contributed by atoms with Gasteiger partial charge >= 0.3 is 0 Å². The van der Waals surface area contributed by atoms with E-state index in [1.54, 1.807) is 0 Å². The molecule has 2 fully saturated rings. The van der Waals surface area contributed by atoms with E-state index in [1.807, 2.05) is 25.7 Å². The van der Waals surface area contributed by atoms with Crippen LogP contribution in [0, 0.1) is 11.3 Å². The Bertz CT molecular complexity index is 430. The van der Waals surface area contributed by atoms with Gasteiger partial charge in [-0.3, -0.25) is 9.59 Å². The largest absolute Gasteiger partial charge is 0.352 e. The van der Waals surface area contributed by atoms with Gasteiger partial charge < -0.3 is 15.1 Å². The van der Waals surface area contributed by atoms with E-state index in [4.69, 9.17) is 0 Å². The Morgan fingerprint density at radius 3 is 2.43 bits per heavy atom. The Morgan fingerprint density at radius 2 is 1.78 bits per heavy atom. The first-order valence-electron chi connectivity index (χ1n) is 9.13. The zero-order valence-corrected chi connectivity index (χ0v) is 15.2. The summed E-state index contributed by atoms with van der Waals surface area (Å²) in [5.74, 6) is 0.247. The van der Waals surface area contributed by atoms with E-state index in [2.05, 4.69) is 17.1 Å². The van der Waals surface area contributed by atoms with Crippen molar-refractivity contribution in [2.24, 2.45) is 11.3 Å². The number of rotatable bonds is 3. The third kappa shape index (κ3) is 4.93. The molecular formula is C18H33N3O2. The van der Waals surface area contributed by atoms with Crippen molar-refractivity contribution in [1.82, 2.24) is 15.1 Å². The number of likely N-dealkylation sites (N-methyl/N-ethyl adjacent to an activating group) is 1. The van der Waals surface area contributed by atoms with Gasteiger partial charge in [0.2, 0.25) is 11.8 Å². The maximum absolute atomic E-state index is 12.6. The standard InChI is InChI=1S/C18H33N3O2/c1-5-20-10-7-9-15(13-20)19-16(22)14-8-6-11-21(12-14)17(23)18(2,3)4/h14-15H,5-13H2,1-4H3,(H,19,22). The summed E-state index contributed by atoms with van der Waals surface area (Å²) in [4.78, 5) is 29.3. The van der Waals surface area contributed by atoms with E-state index in [0.29, 0.717) is 6.54 Å². The first-order valence-corrected chi connectivity index (χ1v) is 9.13. The predicted octanol–water partition coefficient (Wildman–Crippen LogP) is 1.87. The first kappa shape index (κ1) is 18.2. The third-order valence-electron chi connectivity index (χ3n) is 5.02. The van der Waals surface area contributed by atoms with Gasteiger partial charge in [0, 0.05) is 31.1 Å². The van der Waals surface area contributed by atoms with Crippen LogP contribution < -0.4 is 5.32 Å². The summed E-state index contributed by atoms with van der Waals surface area (Å²) >= 11 is 0. The number of hydrogen-bond acceptors (Lipinski definition) is 3. The van der Waals surface area contributed by atoms with Crippen molar-refractivity contribution in [2.75, 3.05) is 32.7 Å². The lowest BCUT2D eigenvalue weighted by Crippen LogP contribution is -2.52. The van der Waals surface area contributed by atoms with Gasteiger partial charge in [0.15, 0.2) is 0 Å². The highest BCUT2D eigenvalue weighted by molar-refractivity contribution is 5.84. The zero-order chi connectivity index (χ0) is 17.0. The second kappa shape index (κ2) is 7.65. The maximum atomic E-state index is 12.6. The van der Waals surface area contributed by atoms with Gasteiger partial charge in [-0.1, -0.05) is 27.7 Å². The molecule has 0 spiro atoms. The second-order valence-electron chi connectivity index (χ2n) is 8.08. The highest BCUT2D eigenvalue weighted by Gasteiger charge is 2.34. The summed E-state index contributed by atoms with van der Waals surface area (Å²) in [5.41, 5.74) is -0.372. The molecule has 2 saturated heterocycles. The van der Waals surface area contributed by atoms with Gasteiger partial charge in [-0.2, -0.15) is 0 Å². The molecule has 5 nitrogen and oxygen atoms in total. The van der Waals surface area contributed by atoms with Crippen LogP contribution >= 0.6 is 0 Å². The molecule has 0 aliphatic carbocycles. The van der Waals surface area contributed by atoms with E-state index in [1.165, 1.54) is 0 Å². The summed E-state index contributed by atoms with van der Waals surface area (Å²) in [6, 6.07) is 0.268. The van der Waals surface area contributed by atoms with Crippen molar-refractivity contribution in [2.45, 2.75) is 59.4 Å². The smallest absolute Gasteiger partial charge is 0.227 e. The minimum atomic E-state index is -0.372. The number of likely N-dealkylation sites (tertiary alicyclic amines) is 2. The van der Waals surface area contributed by atoms with Crippen molar-refractivity contribution in [3.8, 4) is 0 Å². The van der Waals surface area contributed by atoms with Gasteiger partial charge in [-0.05, 0) is 38.8 Å².